The van der Waals surface area contributed by atoms with Gasteiger partial charge in [0.1, 0.15) is 0 Å². The predicted molar refractivity (Wildman–Crippen MR) is 105 cm³/mol. The van der Waals surface area contributed by atoms with Crippen LogP contribution in [0.1, 0.15) is 17.5 Å². The van der Waals surface area contributed by atoms with Crippen LogP contribution in [0.15, 0.2) is 17.0 Å². The Balaban J connectivity index is 0.00000261. The maximum Gasteiger partial charge on any atom is 0.243 e. The molecule has 0 atom stereocenters. The molecule has 0 radical (unpaired) electrons. The highest BCUT2D eigenvalue weighted by atomic mass is 35.5. The number of amides is 1. The van der Waals surface area contributed by atoms with E-state index in [0.29, 0.717) is 37.3 Å². The van der Waals surface area contributed by atoms with Gasteiger partial charge in [-0.05, 0) is 44.2 Å². The molecule has 0 spiro atoms. The SMILES string of the molecule is Cc1cc(N2C(=O)CCS2(=O)=O)cc(C)c1S(=O)(=O)N1CCN(C)CC1.Cl. The van der Waals surface area contributed by atoms with Crippen LogP contribution < -0.4 is 4.31 Å². The Bertz CT molecular complexity index is 931. The molecule has 27 heavy (non-hydrogen) atoms. The number of anilines is 1. The van der Waals surface area contributed by atoms with E-state index in [9.17, 15) is 21.6 Å². The Morgan fingerprint density at radius 2 is 1.52 bits per heavy atom. The van der Waals surface area contributed by atoms with E-state index in [4.69, 9.17) is 0 Å². The lowest BCUT2D eigenvalue weighted by molar-refractivity contribution is -0.116. The maximum atomic E-state index is 13.1. The van der Waals surface area contributed by atoms with Crippen LogP contribution >= 0.6 is 12.4 Å². The summed E-state index contributed by atoms with van der Waals surface area (Å²) in [7, 11) is -5.41. The molecule has 11 heteroatoms. The van der Waals surface area contributed by atoms with Crippen molar-refractivity contribution in [3.05, 3.63) is 23.3 Å². The summed E-state index contributed by atoms with van der Waals surface area (Å²) in [5, 5.41) is 0. The lowest BCUT2D eigenvalue weighted by Gasteiger charge is -2.32. The molecule has 0 N–H and O–H groups in total. The molecule has 0 aromatic heterocycles. The van der Waals surface area contributed by atoms with Crippen molar-refractivity contribution in [3.8, 4) is 0 Å². The molecule has 3 rings (SSSR count). The molecule has 0 bridgehead atoms. The third kappa shape index (κ3) is 4.00. The second-order valence-electron chi connectivity index (χ2n) is 6.84. The zero-order chi connectivity index (χ0) is 19.3. The highest BCUT2D eigenvalue weighted by Crippen LogP contribution is 2.32. The number of carbonyl (C=O) groups excluding carboxylic acids is 1. The molecule has 0 aliphatic carbocycles. The molecule has 2 aliphatic heterocycles. The topological polar surface area (TPSA) is 95.1 Å². The van der Waals surface area contributed by atoms with Crippen molar-refractivity contribution in [1.82, 2.24) is 9.21 Å². The Labute approximate surface area is 166 Å². The monoisotopic (exact) mass is 437 g/mol. The summed E-state index contributed by atoms with van der Waals surface area (Å²) in [6.45, 7) is 5.42. The summed E-state index contributed by atoms with van der Waals surface area (Å²) in [5.74, 6) is -0.705. The van der Waals surface area contributed by atoms with Crippen LogP contribution in [0, 0.1) is 13.8 Å². The lowest BCUT2D eigenvalue weighted by atomic mass is 10.1. The van der Waals surface area contributed by atoms with Crippen molar-refractivity contribution < 1.29 is 21.6 Å². The zero-order valence-corrected chi connectivity index (χ0v) is 18.0. The number of benzene rings is 1. The second-order valence-corrected chi connectivity index (χ2v) is 10.7. The number of carbonyl (C=O) groups is 1. The van der Waals surface area contributed by atoms with Crippen LogP contribution in [-0.4, -0.2) is 70.9 Å². The van der Waals surface area contributed by atoms with E-state index in [1.54, 1.807) is 13.8 Å². The number of aryl methyl sites for hydroxylation is 2. The summed E-state index contributed by atoms with van der Waals surface area (Å²) >= 11 is 0. The molecular weight excluding hydrogens is 414 g/mol. The van der Waals surface area contributed by atoms with Crippen molar-refractivity contribution in [2.24, 2.45) is 0 Å². The van der Waals surface area contributed by atoms with Gasteiger partial charge in [-0.2, -0.15) is 4.31 Å². The van der Waals surface area contributed by atoms with Gasteiger partial charge in [0.25, 0.3) is 0 Å². The van der Waals surface area contributed by atoms with Crippen molar-refractivity contribution >= 4 is 44.0 Å². The van der Waals surface area contributed by atoms with Gasteiger partial charge in [-0.1, -0.05) is 0 Å². The van der Waals surface area contributed by atoms with Gasteiger partial charge in [0.2, 0.25) is 26.0 Å². The molecule has 1 aromatic rings. The van der Waals surface area contributed by atoms with Gasteiger partial charge in [0, 0.05) is 32.6 Å². The fraction of sp³-hybridized carbons (Fsp3) is 0.562. The smallest absolute Gasteiger partial charge is 0.243 e. The average molecular weight is 438 g/mol. The molecule has 8 nitrogen and oxygen atoms in total. The van der Waals surface area contributed by atoms with Crippen molar-refractivity contribution in [2.75, 3.05) is 43.3 Å². The Hall–Kier alpha value is -1.20. The second kappa shape index (κ2) is 7.67. The molecule has 2 aliphatic rings. The van der Waals surface area contributed by atoms with Gasteiger partial charge in [-0.15, -0.1) is 12.4 Å². The molecule has 1 aromatic carbocycles. The van der Waals surface area contributed by atoms with Gasteiger partial charge in [-0.25, -0.2) is 21.1 Å². The number of hydrogen-bond donors (Lipinski definition) is 0. The zero-order valence-electron chi connectivity index (χ0n) is 15.5. The first-order valence-corrected chi connectivity index (χ1v) is 11.4. The molecule has 152 valence electrons. The van der Waals surface area contributed by atoms with E-state index in [-0.39, 0.29) is 35.2 Å². The number of hydrogen-bond acceptors (Lipinski definition) is 6. The summed E-state index contributed by atoms with van der Waals surface area (Å²) in [4.78, 5) is 14.2. The number of halogens is 1. The Morgan fingerprint density at radius 1 is 1.00 bits per heavy atom. The molecule has 1 amide bonds. The van der Waals surface area contributed by atoms with Gasteiger partial charge in [-0.3, -0.25) is 4.79 Å². The highest BCUT2D eigenvalue weighted by molar-refractivity contribution is 7.94. The van der Waals surface area contributed by atoms with Gasteiger partial charge < -0.3 is 4.90 Å². The third-order valence-corrected chi connectivity index (χ3v) is 8.71. The molecule has 0 unspecified atom stereocenters. The van der Waals surface area contributed by atoms with E-state index >= 15 is 0 Å². The number of nitrogens with zero attached hydrogens (tertiary/aromatic N) is 3. The molecule has 2 fully saturated rings. The fourth-order valence-corrected chi connectivity index (χ4v) is 6.76. The minimum Gasteiger partial charge on any atom is -0.304 e. The van der Waals surface area contributed by atoms with Crippen LogP contribution in [0.5, 0.6) is 0 Å². The first kappa shape index (κ1) is 22.1. The average Bonchev–Trinajstić information content (AvgIpc) is 2.79. The summed E-state index contributed by atoms with van der Waals surface area (Å²) in [5.41, 5.74) is 1.09. The van der Waals surface area contributed by atoms with Crippen LogP contribution in [-0.2, 0) is 24.8 Å². The number of rotatable bonds is 3. The number of piperazine rings is 1. The van der Waals surface area contributed by atoms with E-state index < -0.39 is 26.0 Å². The molecule has 0 saturated carbocycles. The van der Waals surface area contributed by atoms with Crippen LogP contribution in [0.4, 0.5) is 5.69 Å². The van der Waals surface area contributed by atoms with Crippen molar-refractivity contribution in [1.29, 1.82) is 0 Å². The third-order valence-electron chi connectivity index (χ3n) is 4.82. The van der Waals surface area contributed by atoms with Crippen LogP contribution in [0.25, 0.3) is 0 Å². The standard InChI is InChI=1S/C16H23N3O5S2.ClH/c1-12-10-14(19-15(20)4-9-25(19,21)22)11-13(2)16(12)26(23,24)18-7-5-17(3)6-8-18;/h10-11H,4-9H2,1-3H3;1H. The molecular formula is C16H24ClN3O5S2. The van der Waals surface area contributed by atoms with Gasteiger partial charge in [0.05, 0.1) is 16.3 Å². The van der Waals surface area contributed by atoms with Crippen LogP contribution in [0.2, 0.25) is 0 Å². The maximum absolute atomic E-state index is 13.1. The Kier molecular flexibility index (Phi) is 6.27. The highest BCUT2D eigenvalue weighted by Gasteiger charge is 2.37. The van der Waals surface area contributed by atoms with Crippen LogP contribution in [0.3, 0.4) is 0 Å². The van der Waals surface area contributed by atoms with E-state index in [0.717, 1.165) is 4.31 Å². The minimum absolute atomic E-state index is 0. The van der Waals surface area contributed by atoms with Crippen molar-refractivity contribution in [3.63, 3.8) is 0 Å². The quantitative estimate of drug-likeness (QED) is 0.691. The Morgan fingerprint density at radius 3 is 1.96 bits per heavy atom. The minimum atomic E-state index is -3.68. The lowest BCUT2D eigenvalue weighted by Crippen LogP contribution is -2.47. The predicted octanol–water partition coefficient (Wildman–Crippen LogP) is 0.728. The summed E-state index contributed by atoms with van der Waals surface area (Å²) in [6.07, 6.45) is -0.0538. The first-order chi connectivity index (χ1) is 12.0. The van der Waals surface area contributed by atoms with E-state index in [2.05, 4.69) is 4.90 Å². The summed E-state index contributed by atoms with van der Waals surface area (Å²) < 4.78 is 52.6. The van der Waals surface area contributed by atoms with Crippen molar-refractivity contribution in [2.45, 2.75) is 25.2 Å². The van der Waals surface area contributed by atoms with Gasteiger partial charge >= 0.3 is 0 Å². The number of likely N-dealkylation sites (N-methyl/N-ethyl adjacent to an activating group) is 1. The largest absolute Gasteiger partial charge is 0.304 e. The van der Waals surface area contributed by atoms with E-state index in [1.807, 2.05) is 7.05 Å². The number of sulfonamides is 2. The fourth-order valence-electron chi connectivity index (χ4n) is 3.48. The van der Waals surface area contributed by atoms with Gasteiger partial charge in [0.15, 0.2) is 0 Å². The molecule has 2 saturated heterocycles. The molecule has 2 heterocycles. The normalized spacial score (nSPS) is 21.3. The summed E-state index contributed by atoms with van der Waals surface area (Å²) in [6, 6.07) is 2.94. The first-order valence-electron chi connectivity index (χ1n) is 8.40. The van der Waals surface area contributed by atoms with E-state index in [1.165, 1.54) is 16.4 Å².